The van der Waals surface area contributed by atoms with E-state index in [0.717, 1.165) is 19.6 Å². The van der Waals surface area contributed by atoms with E-state index in [2.05, 4.69) is 20.2 Å². The molecule has 0 spiro atoms. The van der Waals surface area contributed by atoms with Gasteiger partial charge in [-0.15, -0.1) is 0 Å². The lowest BCUT2D eigenvalue weighted by atomic mass is 10.1. The van der Waals surface area contributed by atoms with E-state index < -0.39 is 12.0 Å². The van der Waals surface area contributed by atoms with Crippen LogP contribution in [0.1, 0.15) is 25.1 Å². The monoisotopic (exact) mass is 324 g/mol. The number of alkyl halides is 3. The van der Waals surface area contributed by atoms with Crippen LogP contribution in [0.15, 0.2) is 24.3 Å². The van der Waals surface area contributed by atoms with Crippen LogP contribution in [0.2, 0.25) is 0 Å². The number of rotatable bonds is 4. The molecule has 3 rings (SSSR count). The summed E-state index contributed by atoms with van der Waals surface area (Å²) in [6, 6.07) is 6.75. The van der Waals surface area contributed by atoms with Crippen LogP contribution in [0.4, 0.5) is 19.0 Å². The molecule has 4 nitrogen and oxygen atoms in total. The number of hydrogen-bond donors (Lipinski definition) is 1. The lowest BCUT2D eigenvalue weighted by molar-refractivity contribution is -0.144. The number of nitrogens with one attached hydrogen (secondary N) is 1. The molecule has 124 valence electrons. The molecule has 0 saturated carbocycles. The van der Waals surface area contributed by atoms with Crippen LogP contribution in [0, 0.1) is 0 Å². The summed E-state index contributed by atoms with van der Waals surface area (Å²) in [5.41, 5.74) is 0.301. The molecule has 1 N–H and O–H groups in total. The van der Waals surface area contributed by atoms with Gasteiger partial charge in [-0.3, -0.25) is 0 Å². The molecule has 0 amide bonds. The molecule has 0 atom stereocenters. The van der Waals surface area contributed by atoms with E-state index in [1.54, 1.807) is 24.3 Å². The third kappa shape index (κ3) is 3.90. The Labute approximate surface area is 132 Å². The van der Waals surface area contributed by atoms with Gasteiger partial charge in [0.2, 0.25) is 5.82 Å². The second-order valence-electron chi connectivity index (χ2n) is 5.74. The Bertz CT molecular complexity index is 666. The zero-order chi connectivity index (χ0) is 16.3. The molecule has 0 radical (unpaired) electrons. The first-order valence-electron chi connectivity index (χ1n) is 7.84. The number of halogens is 3. The number of piperidine rings is 1. The van der Waals surface area contributed by atoms with Gasteiger partial charge in [0.15, 0.2) is 0 Å². The molecule has 1 aliphatic heterocycles. The summed E-state index contributed by atoms with van der Waals surface area (Å²) < 4.78 is 38.8. The predicted octanol–water partition coefficient (Wildman–Crippen LogP) is 3.55. The Morgan fingerprint density at radius 3 is 2.52 bits per heavy atom. The van der Waals surface area contributed by atoms with Crippen LogP contribution in [-0.2, 0) is 6.18 Å². The van der Waals surface area contributed by atoms with Gasteiger partial charge in [0.1, 0.15) is 5.82 Å². The van der Waals surface area contributed by atoms with Crippen LogP contribution in [0.25, 0.3) is 10.9 Å². The van der Waals surface area contributed by atoms with Gasteiger partial charge in [-0.25, -0.2) is 9.97 Å². The van der Waals surface area contributed by atoms with E-state index in [-0.39, 0.29) is 5.82 Å². The van der Waals surface area contributed by atoms with E-state index in [1.807, 2.05) is 0 Å². The molecule has 1 saturated heterocycles. The van der Waals surface area contributed by atoms with Crippen LogP contribution in [0.5, 0.6) is 0 Å². The van der Waals surface area contributed by atoms with Crippen LogP contribution < -0.4 is 5.32 Å². The van der Waals surface area contributed by atoms with Gasteiger partial charge in [-0.2, -0.15) is 13.2 Å². The average molecular weight is 324 g/mol. The number of likely N-dealkylation sites (tertiary alicyclic amines) is 1. The minimum Gasteiger partial charge on any atom is -0.368 e. The van der Waals surface area contributed by atoms with Gasteiger partial charge in [-0.1, -0.05) is 18.6 Å². The van der Waals surface area contributed by atoms with Crippen molar-refractivity contribution >= 4 is 16.7 Å². The maximum absolute atomic E-state index is 12.9. The second-order valence-corrected chi connectivity index (χ2v) is 5.74. The highest BCUT2D eigenvalue weighted by Gasteiger charge is 2.35. The summed E-state index contributed by atoms with van der Waals surface area (Å²) in [6.45, 7) is 3.48. The lowest BCUT2D eigenvalue weighted by Gasteiger charge is -2.26. The Morgan fingerprint density at radius 2 is 1.78 bits per heavy atom. The molecular formula is C16H19F3N4. The van der Waals surface area contributed by atoms with Crippen molar-refractivity contribution in [3.63, 3.8) is 0 Å². The van der Waals surface area contributed by atoms with Crippen molar-refractivity contribution in [2.24, 2.45) is 0 Å². The van der Waals surface area contributed by atoms with Crippen molar-refractivity contribution in [2.45, 2.75) is 25.4 Å². The Morgan fingerprint density at radius 1 is 1.04 bits per heavy atom. The zero-order valence-corrected chi connectivity index (χ0v) is 12.7. The summed E-state index contributed by atoms with van der Waals surface area (Å²) in [7, 11) is 0. The number of nitrogens with zero attached hydrogens (tertiary/aromatic N) is 3. The molecule has 0 aliphatic carbocycles. The first-order chi connectivity index (χ1) is 11.0. The molecule has 0 unspecified atom stereocenters. The van der Waals surface area contributed by atoms with E-state index in [9.17, 15) is 13.2 Å². The van der Waals surface area contributed by atoms with Crippen molar-refractivity contribution in [3.8, 4) is 0 Å². The third-order valence-corrected chi connectivity index (χ3v) is 4.03. The van der Waals surface area contributed by atoms with Gasteiger partial charge in [-0.05, 0) is 38.1 Å². The zero-order valence-electron chi connectivity index (χ0n) is 12.7. The second kappa shape index (κ2) is 6.70. The van der Waals surface area contributed by atoms with Gasteiger partial charge in [0.25, 0.3) is 0 Å². The molecule has 1 aromatic carbocycles. The van der Waals surface area contributed by atoms with Gasteiger partial charge in [0.05, 0.1) is 5.52 Å². The summed E-state index contributed by atoms with van der Waals surface area (Å²) in [5.74, 6) is -0.850. The summed E-state index contributed by atoms with van der Waals surface area (Å²) in [4.78, 5) is 9.63. The lowest BCUT2D eigenvalue weighted by Crippen LogP contribution is -2.33. The van der Waals surface area contributed by atoms with E-state index in [4.69, 9.17) is 0 Å². The Balaban J connectivity index is 1.78. The number of benzene rings is 1. The molecule has 7 heteroatoms. The van der Waals surface area contributed by atoms with Crippen LogP contribution >= 0.6 is 0 Å². The molecule has 1 aliphatic rings. The standard InChI is InChI=1S/C16H19F3N4/c17-16(18,19)15-21-13-7-3-2-6-12(13)14(22-15)20-8-11-23-9-4-1-5-10-23/h2-3,6-7H,1,4-5,8-11H2,(H,20,21,22). The minimum atomic E-state index is -4.55. The molecule has 23 heavy (non-hydrogen) atoms. The number of aromatic nitrogens is 2. The summed E-state index contributed by atoms with van der Waals surface area (Å²) >= 11 is 0. The number of hydrogen-bond acceptors (Lipinski definition) is 4. The number of anilines is 1. The van der Waals surface area contributed by atoms with E-state index in [0.29, 0.717) is 17.4 Å². The highest BCUT2D eigenvalue weighted by molar-refractivity contribution is 5.89. The fourth-order valence-electron chi connectivity index (χ4n) is 2.85. The van der Waals surface area contributed by atoms with Crippen molar-refractivity contribution in [1.82, 2.24) is 14.9 Å². The topological polar surface area (TPSA) is 41.1 Å². The molecule has 2 aromatic rings. The molecular weight excluding hydrogens is 305 g/mol. The van der Waals surface area contributed by atoms with Crippen LogP contribution in [0.3, 0.4) is 0 Å². The molecule has 2 heterocycles. The smallest absolute Gasteiger partial charge is 0.368 e. The van der Waals surface area contributed by atoms with E-state index in [1.165, 1.54) is 19.3 Å². The van der Waals surface area contributed by atoms with Gasteiger partial charge >= 0.3 is 6.18 Å². The van der Waals surface area contributed by atoms with E-state index >= 15 is 0 Å². The SMILES string of the molecule is FC(F)(F)c1nc(NCCN2CCCCC2)c2ccccc2n1. The van der Waals surface area contributed by atoms with Gasteiger partial charge in [0, 0.05) is 18.5 Å². The normalized spacial score (nSPS) is 16.7. The Hall–Kier alpha value is -1.89. The summed E-state index contributed by atoms with van der Waals surface area (Å²) in [5, 5.41) is 3.66. The molecule has 0 bridgehead atoms. The maximum atomic E-state index is 12.9. The fraction of sp³-hybridized carbons (Fsp3) is 0.500. The first kappa shape index (κ1) is 16.0. The molecule has 1 aromatic heterocycles. The summed E-state index contributed by atoms with van der Waals surface area (Å²) in [6.07, 6.45) is -0.911. The number of fused-ring (bicyclic) bond motifs is 1. The third-order valence-electron chi connectivity index (χ3n) is 4.03. The highest BCUT2D eigenvalue weighted by atomic mass is 19.4. The quantitative estimate of drug-likeness (QED) is 0.934. The highest BCUT2D eigenvalue weighted by Crippen LogP contribution is 2.30. The van der Waals surface area contributed by atoms with Gasteiger partial charge < -0.3 is 10.2 Å². The fourth-order valence-corrected chi connectivity index (χ4v) is 2.85. The van der Waals surface area contributed by atoms with Crippen molar-refractivity contribution in [3.05, 3.63) is 30.1 Å². The van der Waals surface area contributed by atoms with Crippen molar-refractivity contribution in [2.75, 3.05) is 31.5 Å². The van der Waals surface area contributed by atoms with Crippen LogP contribution in [-0.4, -0.2) is 41.0 Å². The average Bonchev–Trinajstić information content (AvgIpc) is 2.55. The maximum Gasteiger partial charge on any atom is 0.451 e. The minimum absolute atomic E-state index is 0.250. The first-order valence-corrected chi connectivity index (χ1v) is 7.84. The predicted molar refractivity (Wildman–Crippen MR) is 83.3 cm³/mol. The largest absolute Gasteiger partial charge is 0.451 e. The van der Waals surface area contributed by atoms with Crippen molar-refractivity contribution < 1.29 is 13.2 Å². The Kier molecular flexibility index (Phi) is 4.66. The number of para-hydroxylation sites is 1. The van der Waals surface area contributed by atoms with Crippen molar-refractivity contribution in [1.29, 1.82) is 0 Å². The molecule has 1 fully saturated rings.